The van der Waals surface area contributed by atoms with Crippen LogP contribution in [-0.2, 0) is 15.1 Å². The van der Waals surface area contributed by atoms with Crippen LogP contribution in [0, 0.1) is 0 Å². The lowest BCUT2D eigenvalue weighted by Crippen LogP contribution is -2.50. The summed E-state index contributed by atoms with van der Waals surface area (Å²) in [5, 5.41) is 3.14. The van der Waals surface area contributed by atoms with Crippen molar-refractivity contribution in [1.82, 2.24) is 5.32 Å². The van der Waals surface area contributed by atoms with Crippen molar-refractivity contribution in [2.24, 2.45) is 11.5 Å². The average Bonchev–Trinajstić information content (AvgIpc) is 2.74. The molecule has 0 aliphatic heterocycles. The van der Waals surface area contributed by atoms with Gasteiger partial charge < -0.3 is 16.8 Å². The summed E-state index contributed by atoms with van der Waals surface area (Å²) >= 11 is 0. The van der Waals surface area contributed by atoms with Gasteiger partial charge in [0.2, 0.25) is 11.8 Å². The Kier molecular flexibility index (Phi) is 5.87. The molecule has 3 rings (SSSR count). The number of hydrogen-bond acceptors (Lipinski definition) is 3. The predicted octanol–water partition coefficient (Wildman–Crippen LogP) is 2.30. The molecule has 142 valence electrons. The fourth-order valence-electron chi connectivity index (χ4n) is 3.34. The Hall–Kier alpha value is -3.44. The Morgan fingerprint density at radius 3 is 1.43 bits per heavy atom. The SMILES string of the molecule is NC(=O)[C@@H](N)CC(=O)NC(c1ccccc1)(c1ccccc1)c1ccccc1. The first kappa shape index (κ1) is 19.3. The minimum Gasteiger partial charge on any atom is -0.368 e. The molecule has 0 spiro atoms. The van der Waals surface area contributed by atoms with Gasteiger partial charge in [0.15, 0.2) is 0 Å². The van der Waals surface area contributed by atoms with Gasteiger partial charge in [-0.1, -0.05) is 91.0 Å². The van der Waals surface area contributed by atoms with Crippen molar-refractivity contribution in [1.29, 1.82) is 0 Å². The third-order valence-electron chi connectivity index (χ3n) is 4.72. The van der Waals surface area contributed by atoms with Crippen molar-refractivity contribution in [2.75, 3.05) is 0 Å². The van der Waals surface area contributed by atoms with E-state index < -0.39 is 17.5 Å². The van der Waals surface area contributed by atoms with E-state index in [1.165, 1.54) is 0 Å². The van der Waals surface area contributed by atoms with Gasteiger partial charge in [-0.05, 0) is 16.7 Å². The summed E-state index contributed by atoms with van der Waals surface area (Å²) in [7, 11) is 0. The molecule has 28 heavy (non-hydrogen) atoms. The molecule has 0 aromatic heterocycles. The summed E-state index contributed by atoms with van der Waals surface area (Å²) < 4.78 is 0. The zero-order valence-electron chi connectivity index (χ0n) is 15.4. The second-order valence-electron chi connectivity index (χ2n) is 6.61. The fraction of sp³-hybridized carbons (Fsp3) is 0.130. The zero-order chi connectivity index (χ0) is 20.0. The maximum absolute atomic E-state index is 12.9. The molecule has 0 aliphatic rings. The number of carbonyl (C=O) groups is 2. The van der Waals surface area contributed by atoms with Gasteiger partial charge in [0.1, 0.15) is 5.54 Å². The number of hydrogen-bond donors (Lipinski definition) is 3. The minimum atomic E-state index is -1.04. The van der Waals surface area contributed by atoms with E-state index in [4.69, 9.17) is 11.5 Å². The van der Waals surface area contributed by atoms with Gasteiger partial charge in [-0.25, -0.2) is 0 Å². The van der Waals surface area contributed by atoms with Crippen molar-refractivity contribution < 1.29 is 9.59 Å². The first-order valence-corrected chi connectivity index (χ1v) is 9.06. The van der Waals surface area contributed by atoms with Crippen molar-refractivity contribution in [3.63, 3.8) is 0 Å². The van der Waals surface area contributed by atoms with Gasteiger partial charge in [-0.15, -0.1) is 0 Å². The van der Waals surface area contributed by atoms with E-state index in [9.17, 15) is 9.59 Å². The molecule has 5 nitrogen and oxygen atoms in total. The number of rotatable bonds is 7. The first-order valence-electron chi connectivity index (χ1n) is 9.06. The van der Waals surface area contributed by atoms with E-state index in [0.717, 1.165) is 16.7 Å². The molecule has 0 fully saturated rings. The van der Waals surface area contributed by atoms with Gasteiger partial charge in [0, 0.05) is 0 Å². The summed E-state index contributed by atoms with van der Waals surface area (Å²) in [6, 6.07) is 28.1. The summed E-state index contributed by atoms with van der Waals surface area (Å²) in [6.45, 7) is 0. The summed E-state index contributed by atoms with van der Waals surface area (Å²) in [6.07, 6.45) is -0.191. The van der Waals surface area contributed by atoms with Crippen molar-refractivity contribution in [3.8, 4) is 0 Å². The Balaban J connectivity index is 2.17. The second-order valence-corrected chi connectivity index (χ2v) is 6.61. The summed E-state index contributed by atoms with van der Waals surface area (Å²) in [5.74, 6) is -1.07. The van der Waals surface area contributed by atoms with Crippen LogP contribution in [0.15, 0.2) is 91.0 Å². The molecular formula is C23H23N3O2. The van der Waals surface area contributed by atoms with Crippen LogP contribution in [0.1, 0.15) is 23.1 Å². The molecule has 3 aromatic rings. The van der Waals surface area contributed by atoms with Crippen LogP contribution in [0.3, 0.4) is 0 Å². The first-order chi connectivity index (χ1) is 13.5. The van der Waals surface area contributed by atoms with Crippen LogP contribution in [0.2, 0.25) is 0 Å². The van der Waals surface area contributed by atoms with Crippen LogP contribution in [0.25, 0.3) is 0 Å². The van der Waals surface area contributed by atoms with E-state index in [1.807, 2.05) is 91.0 Å². The molecule has 0 bridgehead atoms. The predicted molar refractivity (Wildman–Crippen MR) is 109 cm³/mol. The highest BCUT2D eigenvalue weighted by Crippen LogP contribution is 2.36. The smallest absolute Gasteiger partial charge is 0.234 e. The van der Waals surface area contributed by atoms with E-state index in [0.29, 0.717) is 0 Å². The topological polar surface area (TPSA) is 98.2 Å². The van der Waals surface area contributed by atoms with Crippen LogP contribution >= 0.6 is 0 Å². The van der Waals surface area contributed by atoms with E-state index >= 15 is 0 Å². The molecule has 3 aromatic carbocycles. The maximum atomic E-state index is 12.9. The van der Waals surface area contributed by atoms with Crippen LogP contribution in [0.5, 0.6) is 0 Å². The van der Waals surface area contributed by atoms with Gasteiger partial charge in [0.25, 0.3) is 0 Å². The molecule has 0 saturated heterocycles. The summed E-state index contributed by atoms with van der Waals surface area (Å²) in [5.41, 5.74) is 12.7. The molecular weight excluding hydrogens is 350 g/mol. The Labute approximate surface area is 164 Å². The van der Waals surface area contributed by atoms with Crippen molar-refractivity contribution >= 4 is 11.8 Å². The average molecular weight is 373 g/mol. The number of nitrogens with two attached hydrogens (primary N) is 2. The van der Waals surface area contributed by atoms with Crippen LogP contribution in [-0.4, -0.2) is 17.9 Å². The summed E-state index contributed by atoms with van der Waals surface area (Å²) in [4.78, 5) is 24.2. The van der Waals surface area contributed by atoms with E-state index in [1.54, 1.807) is 0 Å². The lowest BCUT2D eigenvalue weighted by Gasteiger charge is -2.37. The third-order valence-corrected chi connectivity index (χ3v) is 4.72. The van der Waals surface area contributed by atoms with E-state index in [2.05, 4.69) is 5.32 Å². The minimum absolute atomic E-state index is 0.191. The third kappa shape index (κ3) is 3.94. The molecule has 0 heterocycles. The van der Waals surface area contributed by atoms with Crippen LogP contribution < -0.4 is 16.8 Å². The quantitative estimate of drug-likeness (QED) is 0.554. The maximum Gasteiger partial charge on any atom is 0.234 e. The van der Waals surface area contributed by atoms with Crippen molar-refractivity contribution in [2.45, 2.75) is 18.0 Å². The molecule has 5 N–H and O–H groups in total. The number of primary amides is 1. The zero-order valence-corrected chi connectivity index (χ0v) is 15.4. The number of benzene rings is 3. The molecule has 1 atom stereocenters. The Bertz CT molecular complexity index is 831. The lowest BCUT2D eigenvalue weighted by atomic mass is 9.77. The highest BCUT2D eigenvalue weighted by Gasteiger charge is 2.38. The van der Waals surface area contributed by atoms with Gasteiger partial charge in [0.05, 0.1) is 12.5 Å². The largest absolute Gasteiger partial charge is 0.368 e. The number of amides is 2. The molecule has 5 heteroatoms. The molecule has 2 amide bonds. The highest BCUT2D eigenvalue weighted by atomic mass is 16.2. The van der Waals surface area contributed by atoms with Gasteiger partial charge in [-0.2, -0.15) is 0 Å². The second kappa shape index (κ2) is 8.50. The Morgan fingerprint density at radius 1 is 0.750 bits per heavy atom. The molecule has 0 aliphatic carbocycles. The molecule has 0 radical (unpaired) electrons. The Morgan fingerprint density at radius 2 is 1.11 bits per heavy atom. The monoisotopic (exact) mass is 373 g/mol. The van der Waals surface area contributed by atoms with Gasteiger partial charge >= 0.3 is 0 Å². The van der Waals surface area contributed by atoms with Gasteiger partial charge in [-0.3, -0.25) is 9.59 Å². The normalized spacial score (nSPS) is 12.2. The fourth-order valence-corrected chi connectivity index (χ4v) is 3.34. The standard InChI is InChI=1S/C23H23N3O2/c24-20(22(25)28)16-21(27)26-23(17-10-4-1-5-11-17,18-12-6-2-7-13-18)19-14-8-3-9-15-19/h1-15,20H,16,24H2,(H2,25,28)(H,26,27)/t20-/m0/s1. The number of carbonyl (C=O) groups excluding carboxylic acids is 2. The highest BCUT2D eigenvalue weighted by molar-refractivity contribution is 5.88. The lowest BCUT2D eigenvalue weighted by molar-refractivity contribution is -0.126. The molecule has 0 unspecified atom stereocenters. The number of nitrogens with one attached hydrogen (secondary N) is 1. The molecule has 0 saturated carbocycles. The van der Waals surface area contributed by atoms with E-state index in [-0.39, 0.29) is 12.3 Å². The van der Waals surface area contributed by atoms with Crippen molar-refractivity contribution in [3.05, 3.63) is 108 Å². The van der Waals surface area contributed by atoms with Crippen LogP contribution in [0.4, 0.5) is 0 Å².